The van der Waals surface area contributed by atoms with E-state index in [1.54, 1.807) is 30.3 Å². The van der Waals surface area contributed by atoms with Crippen molar-refractivity contribution < 1.29 is 18.0 Å². The summed E-state index contributed by atoms with van der Waals surface area (Å²) in [7, 11) is 0. The first-order valence-electron chi connectivity index (χ1n) is 6.13. The van der Waals surface area contributed by atoms with Crippen molar-refractivity contribution in [3.8, 4) is 11.1 Å². The molecule has 2 rings (SSSR count). The molecule has 1 nitrogen and oxygen atoms in total. The number of benzene rings is 2. The lowest BCUT2D eigenvalue weighted by Crippen LogP contribution is -2.06. The van der Waals surface area contributed by atoms with Crippen LogP contribution in [0.3, 0.4) is 0 Å². The summed E-state index contributed by atoms with van der Waals surface area (Å²) in [6.45, 7) is 1.48. The van der Waals surface area contributed by atoms with Crippen LogP contribution in [0.15, 0.2) is 48.5 Å². The van der Waals surface area contributed by atoms with Gasteiger partial charge in [-0.2, -0.15) is 13.2 Å². The molecule has 0 aliphatic heterocycles. The zero-order valence-electron chi connectivity index (χ0n) is 10.9. The third-order valence-corrected chi connectivity index (χ3v) is 2.95. The van der Waals surface area contributed by atoms with Gasteiger partial charge in [0.25, 0.3) is 0 Å². The maximum Gasteiger partial charge on any atom is 0.417 e. The maximum absolute atomic E-state index is 12.9. The van der Waals surface area contributed by atoms with E-state index in [-0.39, 0.29) is 11.3 Å². The Balaban J connectivity index is 2.40. The van der Waals surface area contributed by atoms with Gasteiger partial charge in [-0.25, -0.2) is 0 Å². The Morgan fingerprint density at radius 2 is 1.60 bits per heavy atom. The van der Waals surface area contributed by atoms with Crippen LogP contribution in [0.2, 0.25) is 0 Å². The molecular weight excluding hydrogens is 265 g/mol. The normalized spacial score (nSPS) is 11.4. The van der Waals surface area contributed by atoms with E-state index < -0.39 is 11.7 Å². The highest BCUT2D eigenvalue weighted by Gasteiger charge is 2.33. The molecule has 0 bridgehead atoms. The van der Waals surface area contributed by atoms with Gasteiger partial charge in [-0.1, -0.05) is 42.5 Å². The van der Waals surface area contributed by atoms with Gasteiger partial charge in [-0.3, -0.25) is 4.79 Å². The molecule has 0 fully saturated rings. The lowest BCUT2D eigenvalue weighted by atomic mass is 9.97. The Kier molecular flexibility index (Phi) is 3.93. The van der Waals surface area contributed by atoms with E-state index in [2.05, 4.69) is 0 Å². The van der Waals surface area contributed by atoms with Crippen molar-refractivity contribution in [3.63, 3.8) is 0 Å². The molecule has 0 saturated carbocycles. The second kappa shape index (κ2) is 5.49. The largest absolute Gasteiger partial charge is 0.417 e. The fraction of sp³-hybridized carbons (Fsp3) is 0.188. The molecule has 0 amide bonds. The van der Waals surface area contributed by atoms with Gasteiger partial charge in [0, 0.05) is 6.42 Å². The van der Waals surface area contributed by atoms with Gasteiger partial charge in [0.1, 0.15) is 5.78 Å². The smallest absolute Gasteiger partial charge is 0.300 e. The van der Waals surface area contributed by atoms with E-state index in [1.165, 1.54) is 19.1 Å². The summed E-state index contributed by atoms with van der Waals surface area (Å²) >= 11 is 0. The Labute approximate surface area is 115 Å². The van der Waals surface area contributed by atoms with E-state index >= 15 is 0 Å². The summed E-state index contributed by atoms with van der Waals surface area (Å²) in [6, 6.07) is 12.1. The fourth-order valence-electron chi connectivity index (χ4n) is 2.07. The first-order chi connectivity index (χ1) is 9.38. The molecule has 0 aliphatic rings. The maximum atomic E-state index is 12.9. The van der Waals surface area contributed by atoms with Crippen LogP contribution in [0.25, 0.3) is 11.1 Å². The number of halogens is 3. The molecule has 2 aromatic rings. The second-order valence-electron chi connectivity index (χ2n) is 4.62. The Hall–Kier alpha value is -2.10. The molecule has 0 spiro atoms. The number of ketones is 1. The lowest BCUT2D eigenvalue weighted by molar-refractivity contribution is -0.137. The Bertz CT molecular complexity index is 612. The summed E-state index contributed by atoms with van der Waals surface area (Å²) in [6.07, 6.45) is -4.09. The molecule has 0 heterocycles. The van der Waals surface area contributed by atoms with Crippen LogP contribution < -0.4 is 0 Å². The molecule has 104 valence electrons. The lowest BCUT2D eigenvalue weighted by Gasteiger charge is -2.13. The number of carbonyl (C=O) groups is 1. The summed E-state index contributed by atoms with van der Waals surface area (Å²) in [4.78, 5) is 11.0. The molecule has 0 radical (unpaired) electrons. The minimum Gasteiger partial charge on any atom is -0.300 e. The number of alkyl halides is 3. The Morgan fingerprint density at radius 1 is 1.00 bits per heavy atom. The quantitative estimate of drug-likeness (QED) is 0.807. The third kappa shape index (κ3) is 3.26. The van der Waals surface area contributed by atoms with Crippen molar-refractivity contribution in [1.29, 1.82) is 0 Å². The first-order valence-corrected chi connectivity index (χ1v) is 6.13. The predicted molar refractivity (Wildman–Crippen MR) is 71.3 cm³/mol. The highest BCUT2D eigenvalue weighted by Crippen LogP contribution is 2.36. The molecule has 4 heteroatoms. The SMILES string of the molecule is CC(=O)Cc1ccc(-c2ccccc2C(F)(F)F)cc1. The minimum atomic E-state index is -4.38. The van der Waals surface area contributed by atoms with E-state index in [1.807, 2.05) is 0 Å². The highest BCUT2D eigenvalue weighted by molar-refractivity contribution is 5.78. The third-order valence-electron chi connectivity index (χ3n) is 2.95. The number of hydrogen-bond donors (Lipinski definition) is 0. The van der Waals surface area contributed by atoms with Crippen LogP contribution in [0, 0.1) is 0 Å². The zero-order chi connectivity index (χ0) is 14.8. The van der Waals surface area contributed by atoms with E-state index in [9.17, 15) is 18.0 Å². The van der Waals surface area contributed by atoms with Crippen LogP contribution in [-0.2, 0) is 17.4 Å². The van der Waals surface area contributed by atoms with E-state index in [0.717, 1.165) is 11.6 Å². The fourth-order valence-corrected chi connectivity index (χ4v) is 2.07. The first kappa shape index (κ1) is 14.3. The van der Waals surface area contributed by atoms with Crippen molar-refractivity contribution in [2.45, 2.75) is 19.5 Å². The molecule has 2 aromatic carbocycles. The second-order valence-corrected chi connectivity index (χ2v) is 4.62. The van der Waals surface area contributed by atoms with Crippen LogP contribution in [-0.4, -0.2) is 5.78 Å². The average molecular weight is 278 g/mol. The molecule has 0 unspecified atom stereocenters. The van der Waals surface area contributed by atoms with Gasteiger partial charge < -0.3 is 0 Å². The summed E-state index contributed by atoms with van der Waals surface area (Å²) in [5, 5.41) is 0. The molecule has 0 N–H and O–H groups in total. The number of Topliss-reactive ketones (excluding diaryl/α,β-unsaturated/α-hetero) is 1. The van der Waals surface area contributed by atoms with Crippen molar-refractivity contribution in [3.05, 3.63) is 59.7 Å². The van der Waals surface area contributed by atoms with Crippen molar-refractivity contribution in [2.24, 2.45) is 0 Å². The van der Waals surface area contributed by atoms with Crippen molar-refractivity contribution in [1.82, 2.24) is 0 Å². The summed E-state index contributed by atoms with van der Waals surface area (Å²) in [5.74, 6) is 0.0217. The molecule has 0 saturated heterocycles. The van der Waals surface area contributed by atoms with Gasteiger partial charge in [-0.05, 0) is 29.7 Å². The van der Waals surface area contributed by atoms with Crippen LogP contribution in [0.1, 0.15) is 18.1 Å². The topological polar surface area (TPSA) is 17.1 Å². The standard InChI is InChI=1S/C16H13F3O/c1-11(20)10-12-6-8-13(9-7-12)14-4-2-3-5-15(14)16(17,18)19/h2-9H,10H2,1H3. The molecular formula is C16H13F3O. The van der Waals surface area contributed by atoms with Crippen molar-refractivity contribution in [2.75, 3.05) is 0 Å². The van der Waals surface area contributed by atoms with Crippen LogP contribution in [0.4, 0.5) is 13.2 Å². The molecule has 20 heavy (non-hydrogen) atoms. The molecule has 0 atom stereocenters. The number of rotatable bonds is 3. The zero-order valence-corrected chi connectivity index (χ0v) is 10.9. The van der Waals surface area contributed by atoms with Gasteiger partial charge >= 0.3 is 6.18 Å². The van der Waals surface area contributed by atoms with E-state index in [4.69, 9.17) is 0 Å². The number of hydrogen-bond acceptors (Lipinski definition) is 1. The highest BCUT2D eigenvalue weighted by atomic mass is 19.4. The minimum absolute atomic E-state index is 0.0217. The van der Waals surface area contributed by atoms with Gasteiger partial charge in [0.15, 0.2) is 0 Å². The van der Waals surface area contributed by atoms with Gasteiger partial charge in [0.05, 0.1) is 5.56 Å². The summed E-state index contributed by atoms with van der Waals surface area (Å²) in [5.41, 5.74) is 0.782. The molecule has 0 aromatic heterocycles. The van der Waals surface area contributed by atoms with Gasteiger partial charge in [0.2, 0.25) is 0 Å². The van der Waals surface area contributed by atoms with Crippen molar-refractivity contribution >= 4 is 5.78 Å². The number of carbonyl (C=O) groups excluding carboxylic acids is 1. The average Bonchev–Trinajstić information content (AvgIpc) is 2.38. The van der Waals surface area contributed by atoms with Crippen LogP contribution >= 0.6 is 0 Å². The predicted octanol–water partition coefficient (Wildman–Crippen LogP) is 4.50. The monoisotopic (exact) mass is 278 g/mol. The molecule has 0 aliphatic carbocycles. The van der Waals surface area contributed by atoms with Gasteiger partial charge in [-0.15, -0.1) is 0 Å². The van der Waals surface area contributed by atoms with E-state index in [0.29, 0.717) is 12.0 Å². The Morgan fingerprint density at radius 3 is 2.15 bits per heavy atom. The summed E-state index contributed by atoms with van der Waals surface area (Å²) < 4.78 is 38.8. The van der Waals surface area contributed by atoms with Crippen LogP contribution in [0.5, 0.6) is 0 Å².